The van der Waals surface area contributed by atoms with Crippen molar-refractivity contribution < 1.29 is 9.47 Å². The minimum absolute atomic E-state index is 0.0241. The average molecular weight is 485 g/mol. The molecule has 0 bridgehead atoms. The minimum Gasteiger partial charge on any atom is -0.486 e. The predicted octanol–water partition coefficient (Wildman–Crippen LogP) is 4.76. The molecule has 35 heavy (non-hydrogen) atoms. The highest BCUT2D eigenvalue weighted by atomic mass is 32.1. The van der Waals surface area contributed by atoms with Crippen LogP contribution in [0.25, 0.3) is 21.3 Å². The van der Waals surface area contributed by atoms with Gasteiger partial charge >= 0.3 is 0 Å². The van der Waals surface area contributed by atoms with E-state index in [9.17, 15) is 10.1 Å². The molecule has 0 N–H and O–H groups in total. The second-order valence-electron chi connectivity index (χ2n) is 8.80. The summed E-state index contributed by atoms with van der Waals surface area (Å²) in [6, 6.07) is 18.4. The van der Waals surface area contributed by atoms with Gasteiger partial charge in [0, 0.05) is 17.0 Å². The molecule has 1 unspecified atom stereocenters. The number of hydrogen-bond acceptors (Lipinski definition) is 7. The monoisotopic (exact) mass is 484 g/mol. The normalized spacial score (nSPS) is 17.5. The molecule has 6 rings (SSSR count). The van der Waals surface area contributed by atoms with Gasteiger partial charge in [-0.1, -0.05) is 36.4 Å². The zero-order valence-electron chi connectivity index (χ0n) is 19.1. The first-order chi connectivity index (χ1) is 17.2. The fourth-order valence-electron chi connectivity index (χ4n) is 5.09. The highest BCUT2D eigenvalue weighted by Gasteiger charge is 2.29. The molecule has 0 radical (unpaired) electrons. The van der Waals surface area contributed by atoms with Crippen LogP contribution < -0.4 is 15.0 Å². The van der Waals surface area contributed by atoms with Crippen molar-refractivity contribution in [3.8, 4) is 28.7 Å². The van der Waals surface area contributed by atoms with Crippen LogP contribution >= 0.6 is 11.3 Å². The van der Waals surface area contributed by atoms with Crippen molar-refractivity contribution in [2.75, 3.05) is 19.8 Å². The van der Waals surface area contributed by atoms with Crippen molar-refractivity contribution in [1.29, 1.82) is 5.26 Å². The summed E-state index contributed by atoms with van der Waals surface area (Å²) in [4.78, 5) is 21.6. The lowest BCUT2D eigenvalue weighted by Crippen LogP contribution is -2.31. The molecule has 0 aliphatic carbocycles. The van der Waals surface area contributed by atoms with Gasteiger partial charge in [0.15, 0.2) is 11.5 Å². The molecule has 2 aliphatic heterocycles. The maximum atomic E-state index is 13.6. The van der Waals surface area contributed by atoms with Gasteiger partial charge in [0.05, 0.1) is 18.0 Å². The SMILES string of the molecule is N#CCn1c(CN2CCCC2c2ccc3c(c2)OCCO3)nc2scc(-c3ccccc3)c2c1=O. The topological polar surface area (TPSA) is 80.4 Å². The van der Waals surface area contributed by atoms with Gasteiger partial charge in [0.25, 0.3) is 5.56 Å². The van der Waals surface area contributed by atoms with Crippen molar-refractivity contribution >= 4 is 21.6 Å². The molecule has 7 nitrogen and oxygen atoms in total. The number of rotatable bonds is 5. The highest BCUT2D eigenvalue weighted by molar-refractivity contribution is 7.17. The Kier molecular flexibility index (Phi) is 5.72. The number of benzene rings is 2. The third-order valence-electron chi connectivity index (χ3n) is 6.75. The smallest absolute Gasteiger partial charge is 0.263 e. The molecule has 0 spiro atoms. The summed E-state index contributed by atoms with van der Waals surface area (Å²) < 4.78 is 13.0. The van der Waals surface area contributed by atoms with E-state index in [1.807, 2.05) is 41.8 Å². The molecule has 2 aliphatic rings. The molecule has 1 saturated heterocycles. The number of ether oxygens (including phenoxy) is 2. The van der Waals surface area contributed by atoms with Gasteiger partial charge in [-0.15, -0.1) is 11.3 Å². The van der Waals surface area contributed by atoms with Crippen LogP contribution in [0.5, 0.6) is 11.5 Å². The lowest BCUT2D eigenvalue weighted by atomic mass is 10.0. The van der Waals surface area contributed by atoms with E-state index >= 15 is 0 Å². The molecular formula is C27H24N4O3S. The van der Waals surface area contributed by atoms with Crippen LogP contribution in [0.15, 0.2) is 58.7 Å². The number of nitriles is 1. The number of aromatic nitrogens is 2. The van der Waals surface area contributed by atoms with Crippen LogP contribution in [-0.4, -0.2) is 34.2 Å². The van der Waals surface area contributed by atoms with Gasteiger partial charge in [-0.25, -0.2) is 4.98 Å². The minimum atomic E-state index is -0.151. The van der Waals surface area contributed by atoms with E-state index in [0.717, 1.165) is 42.0 Å². The number of fused-ring (bicyclic) bond motifs is 2. The van der Waals surface area contributed by atoms with Crippen molar-refractivity contribution in [3.63, 3.8) is 0 Å². The molecule has 4 aromatic rings. The maximum Gasteiger partial charge on any atom is 0.263 e. The van der Waals surface area contributed by atoms with Crippen molar-refractivity contribution in [2.45, 2.75) is 32.0 Å². The van der Waals surface area contributed by atoms with Crippen molar-refractivity contribution in [1.82, 2.24) is 14.5 Å². The zero-order valence-corrected chi connectivity index (χ0v) is 20.0. The summed E-state index contributed by atoms with van der Waals surface area (Å²) in [6.45, 7) is 2.51. The standard InChI is InChI=1S/C27H24N4O3S/c28-10-12-31-24(29-26-25(27(31)32)20(17-35-26)18-5-2-1-3-6-18)16-30-11-4-7-21(30)19-8-9-22-23(15-19)34-14-13-33-22/h1-3,5-6,8-9,15,17,21H,4,7,11-14,16H2. The Balaban J connectivity index is 1.37. The Bertz CT molecular complexity index is 1490. The Morgan fingerprint density at radius 1 is 1.11 bits per heavy atom. The van der Waals surface area contributed by atoms with Crippen LogP contribution in [0.2, 0.25) is 0 Å². The lowest BCUT2D eigenvalue weighted by Gasteiger charge is -2.27. The Morgan fingerprint density at radius 3 is 2.77 bits per heavy atom. The van der Waals surface area contributed by atoms with Gasteiger partial charge in [0.2, 0.25) is 0 Å². The summed E-state index contributed by atoms with van der Waals surface area (Å²) >= 11 is 1.48. The van der Waals surface area contributed by atoms with Gasteiger partial charge in [-0.2, -0.15) is 5.26 Å². The van der Waals surface area contributed by atoms with E-state index in [1.165, 1.54) is 16.9 Å². The summed E-state index contributed by atoms with van der Waals surface area (Å²) in [5.41, 5.74) is 2.87. The van der Waals surface area contributed by atoms with Crippen molar-refractivity contribution in [3.05, 3.63) is 75.7 Å². The van der Waals surface area contributed by atoms with E-state index in [0.29, 0.717) is 35.8 Å². The maximum absolute atomic E-state index is 13.6. The third-order valence-corrected chi connectivity index (χ3v) is 7.62. The number of thiophene rings is 1. The van der Waals surface area contributed by atoms with E-state index in [-0.39, 0.29) is 18.1 Å². The van der Waals surface area contributed by atoms with Crippen LogP contribution in [-0.2, 0) is 13.1 Å². The van der Waals surface area contributed by atoms with E-state index in [2.05, 4.69) is 23.1 Å². The first-order valence-electron chi connectivity index (χ1n) is 11.8. The first kappa shape index (κ1) is 21.8. The molecule has 2 aromatic heterocycles. The van der Waals surface area contributed by atoms with Gasteiger partial charge in [-0.05, 0) is 42.6 Å². The molecule has 0 saturated carbocycles. The molecule has 4 heterocycles. The second kappa shape index (κ2) is 9.17. The predicted molar refractivity (Wildman–Crippen MR) is 135 cm³/mol. The van der Waals surface area contributed by atoms with Gasteiger partial charge < -0.3 is 9.47 Å². The van der Waals surface area contributed by atoms with Crippen LogP contribution in [0, 0.1) is 11.3 Å². The largest absolute Gasteiger partial charge is 0.486 e. The van der Waals surface area contributed by atoms with Crippen LogP contribution in [0.1, 0.15) is 30.3 Å². The summed E-state index contributed by atoms with van der Waals surface area (Å²) in [7, 11) is 0. The average Bonchev–Trinajstić information content (AvgIpc) is 3.54. The van der Waals surface area contributed by atoms with Crippen molar-refractivity contribution in [2.24, 2.45) is 0 Å². The van der Waals surface area contributed by atoms with Crippen LogP contribution in [0.3, 0.4) is 0 Å². The molecule has 1 atom stereocenters. The molecule has 2 aromatic carbocycles. The molecule has 176 valence electrons. The molecule has 0 amide bonds. The number of nitrogens with zero attached hydrogens (tertiary/aromatic N) is 4. The Hall–Kier alpha value is -3.67. The Morgan fingerprint density at radius 2 is 1.94 bits per heavy atom. The summed E-state index contributed by atoms with van der Waals surface area (Å²) in [5, 5.41) is 12.1. The first-order valence-corrected chi connectivity index (χ1v) is 12.7. The highest BCUT2D eigenvalue weighted by Crippen LogP contribution is 2.39. The van der Waals surface area contributed by atoms with Crippen LogP contribution in [0.4, 0.5) is 0 Å². The second-order valence-corrected chi connectivity index (χ2v) is 9.66. The fourth-order valence-corrected chi connectivity index (χ4v) is 6.05. The molecule has 1 fully saturated rings. The third kappa shape index (κ3) is 3.97. The fraction of sp³-hybridized carbons (Fsp3) is 0.296. The molecule has 8 heteroatoms. The summed E-state index contributed by atoms with van der Waals surface area (Å²) in [5.74, 6) is 2.20. The van der Waals surface area contributed by atoms with E-state index in [1.54, 1.807) is 4.57 Å². The zero-order chi connectivity index (χ0) is 23.8. The van der Waals surface area contributed by atoms with Gasteiger partial charge in [0.1, 0.15) is 30.4 Å². The summed E-state index contributed by atoms with van der Waals surface area (Å²) in [6.07, 6.45) is 2.07. The van der Waals surface area contributed by atoms with Gasteiger partial charge in [-0.3, -0.25) is 14.3 Å². The van der Waals surface area contributed by atoms with E-state index in [4.69, 9.17) is 14.5 Å². The number of likely N-dealkylation sites (tertiary alicyclic amines) is 1. The lowest BCUT2D eigenvalue weighted by molar-refractivity contribution is 0.170. The number of hydrogen-bond donors (Lipinski definition) is 0. The molecular weight excluding hydrogens is 460 g/mol. The quantitative estimate of drug-likeness (QED) is 0.406. The Labute approximate surface area is 206 Å². The van der Waals surface area contributed by atoms with E-state index < -0.39 is 0 Å².